The predicted octanol–water partition coefficient (Wildman–Crippen LogP) is 4.37. The van der Waals surface area contributed by atoms with Crippen molar-refractivity contribution in [3.05, 3.63) is 41.5 Å². The summed E-state index contributed by atoms with van der Waals surface area (Å²) >= 11 is 0. The Morgan fingerprint density at radius 1 is 1.27 bits per heavy atom. The van der Waals surface area contributed by atoms with Crippen LogP contribution in [-0.4, -0.2) is 12.6 Å². The van der Waals surface area contributed by atoms with Crippen LogP contribution in [0.3, 0.4) is 0 Å². The summed E-state index contributed by atoms with van der Waals surface area (Å²) in [7, 11) is 0. The molecule has 1 aromatic rings. The topological polar surface area (TPSA) is 35.5 Å². The van der Waals surface area contributed by atoms with Crippen molar-refractivity contribution in [1.82, 2.24) is 0 Å². The van der Waals surface area contributed by atoms with Crippen LogP contribution in [0, 0.1) is 17.3 Å². The molecule has 0 N–H and O–H groups in total. The molecule has 0 radical (unpaired) electrons. The van der Waals surface area contributed by atoms with Gasteiger partial charge in [0.05, 0.1) is 12.5 Å². The maximum atomic E-state index is 12.4. The molecule has 2 rings (SSSR count). The summed E-state index contributed by atoms with van der Waals surface area (Å²) in [6.45, 7) is 11.2. The van der Waals surface area contributed by atoms with Crippen molar-refractivity contribution in [2.75, 3.05) is 6.61 Å². The molecule has 22 heavy (non-hydrogen) atoms. The second-order valence-electron chi connectivity index (χ2n) is 6.72. The summed E-state index contributed by atoms with van der Waals surface area (Å²) in [5.74, 6) is 0.918. The Morgan fingerprint density at radius 2 is 1.95 bits per heavy atom. The van der Waals surface area contributed by atoms with E-state index in [4.69, 9.17) is 9.47 Å². The van der Waals surface area contributed by atoms with Gasteiger partial charge in [-0.1, -0.05) is 43.7 Å². The molecule has 3 heteroatoms. The number of carbonyl (C=O) groups is 1. The average Bonchev–Trinajstić information content (AvgIpc) is 2.98. The van der Waals surface area contributed by atoms with Crippen LogP contribution in [0.5, 0.6) is 5.75 Å². The summed E-state index contributed by atoms with van der Waals surface area (Å²) in [4.78, 5) is 12.4. The number of para-hydroxylation sites is 1. The van der Waals surface area contributed by atoms with Crippen molar-refractivity contribution in [2.24, 2.45) is 17.3 Å². The number of allylic oxidation sites excluding steroid dienone is 2. The van der Waals surface area contributed by atoms with Gasteiger partial charge in [-0.2, -0.15) is 0 Å². The maximum absolute atomic E-state index is 12.4. The van der Waals surface area contributed by atoms with Crippen LogP contribution in [-0.2, 0) is 16.1 Å². The van der Waals surface area contributed by atoms with Crippen molar-refractivity contribution in [3.63, 3.8) is 0 Å². The fraction of sp³-hybridized carbons (Fsp3) is 0.526. The summed E-state index contributed by atoms with van der Waals surface area (Å²) < 4.78 is 11.1. The number of rotatable bonds is 6. The lowest BCUT2D eigenvalue weighted by atomic mass is 10.1. The molecule has 0 aromatic heterocycles. The molecule has 0 amide bonds. The molecular weight excluding hydrogens is 276 g/mol. The third-order valence-corrected chi connectivity index (χ3v) is 4.32. The van der Waals surface area contributed by atoms with E-state index in [9.17, 15) is 4.79 Å². The van der Waals surface area contributed by atoms with E-state index in [1.807, 2.05) is 31.2 Å². The van der Waals surface area contributed by atoms with Gasteiger partial charge in [0.2, 0.25) is 0 Å². The van der Waals surface area contributed by atoms with Crippen LogP contribution in [0.15, 0.2) is 35.9 Å². The van der Waals surface area contributed by atoms with Crippen LogP contribution in [0.25, 0.3) is 0 Å². The highest BCUT2D eigenvalue weighted by Crippen LogP contribution is 2.59. The number of hydrogen-bond donors (Lipinski definition) is 0. The molecule has 1 aliphatic rings. The van der Waals surface area contributed by atoms with Crippen molar-refractivity contribution >= 4 is 5.97 Å². The first-order valence-electron chi connectivity index (χ1n) is 7.90. The molecule has 0 bridgehead atoms. The Balaban J connectivity index is 1.98. The van der Waals surface area contributed by atoms with E-state index in [0.29, 0.717) is 6.61 Å². The largest absolute Gasteiger partial charge is 0.493 e. The van der Waals surface area contributed by atoms with Crippen LogP contribution >= 0.6 is 0 Å². The molecular formula is C19H26O3. The molecule has 0 aliphatic heterocycles. The standard InChI is InChI=1S/C19H26O3/c1-6-21-16-10-8-7-9-14(16)12-22-18(20)17-15(11-13(2)3)19(17,4)5/h7-11,15,17H,6,12H2,1-5H3/t15?,17-/m0/s1. The number of esters is 1. The minimum Gasteiger partial charge on any atom is -0.493 e. The molecule has 1 fully saturated rings. The fourth-order valence-electron chi connectivity index (χ4n) is 2.96. The molecule has 0 spiro atoms. The Bertz CT molecular complexity index is 568. The van der Waals surface area contributed by atoms with Crippen molar-refractivity contribution in [3.8, 4) is 5.75 Å². The third kappa shape index (κ3) is 3.52. The van der Waals surface area contributed by atoms with Gasteiger partial charge in [-0.25, -0.2) is 0 Å². The van der Waals surface area contributed by atoms with Gasteiger partial charge in [0, 0.05) is 5.56 Å². The van der Waals surface area contributed by atoms with Gasteiger partial charge in [0.25, 0.3) is 0 Å². The van der Waals surface area contributed by atoms with Gasteiger partial charge in [-0.15, -0.1) is 0 Å². The first-order chi connectivity index (χ1) is 10.4. The highest BCUT2D eigenvalue weighted by molar-refractivity contribution is 5.78. The summed E-state index contributed by atoms with van der Waals surface area (Å²) in [5.41, 5.74) is 2.15. The minimum absolute atomic E-state index is 0.00616. The molecule has 3 nitrogen and oxygen atoms in total. The third-order valence-electron chi connectivity index (χ3n) is 4.32. The molecule has 1 aliphatic carbocycles. The fourth-order valence-corrected chi connectivity index (χ4v) is 2.96. The predicted molar refractivity (Wildman–Crippen MR) is 87.6 cm³/mol. The molecule has 2 atom stereocenters. The molecule has 120 valence electrons. The zero-order chi connectivity index (χ0) is 16.3. The number of benzene rings is 1. The quantitative estimate of drug-likeness (QED) is 0.578. The normalized spacial score (nSPS) is 21.9. The highest BCUT2D eigenvalue weighted by Gasteiger charge is 2.61. The lowest BCUT2D eigenvalue weighted by Crippen LogP contribution is -2.11. The van der Waals surface area contributed by atoms with Crippen LogP contribution in [0.1, 0.15) is 40.2 Å². The molecule has 1 aromatic carbocycles. The number of carbonyl (C=O) groups excluding carboxylic acids is 1. The van der Waals surface area contributed by atoms with Crippen molar-refractivity contribution < 1.29 is 14.3 Å². The summed E-state index contributed by atoms with van der Waals surface area (Å²) in [6.07, 6.45) is 2.18. The molecule has 1 saturated carbocycles. The van der Waals surface area contributed by atoms with E-state index < -0.39 is 0 Å². The second kappa shape index (κ2) is 6.55. The monoisotopic (exact) mass is 302 g/mol. The first kappa shape index (κ1) is 16.6. The van der Waals surface area contributed by atoms with Gasteiger partial charge < -0.3 is 9.47 Å². The van der Waals surface area contributed by atoms with Crippen LogP contribution < -0.4 is 4.74 Å². The average molecular weight is 302 g/mol. The Morgan fingerprint density at radius 3 is 2.59 bits per heavy atom. The highest BCUT2D eigenvalue weighted by atomic mass is 16.5. The van der Waals surface area contributed by atoms with E-state index in [1.54, 1.807) is 0 Å². The summed E-state index contributed by atoms with van der Waals surface area (Å²) in [5, 5.41) is 0. The SMILES string of the molecule is CCOc1ccccc1COC(=O)[C@@H]1C(C=C(C)C)C1(C)C. The number of hydrogen-bond acceptors (Lipinski definition) is 3. The van der Waals surface area contributed by atoms with Crippen LogP contribution in [0.2, 0.25) is 0 Å². The van der Waals surface area contributed by atoms with E-state index >= 15 is 0 Å². The van der Waals surface area contributed by atoms with Gasteiger partial charge in [0.1, 0.15) is 12.4 Å². The molecule has 0 heterocycles. The Kier molecular flexibility index (Phi) is 4.94. The van der Waals surface area contributed by atoms with Crippen molar-refractivity contribution in [1.29, 1.82) is 0 Å². The number of ether oxygens (including phenoxy) is 2. The maximum Gasteiger partial charge on any atom is 0.310 e. The lowest BCUT2D eigenvalue weighted by Gasteiger charge is -2.10. The zero-order valence-electron chi connectivity index (χ0n) is 14.2. The first-order valence-corrected chi connectivity index (χ1v) is 7.90. The van der Waals surface area contributed by atoms with E-state index in [1.165, 1.54) is 5.57 Å². The van der Waals surface area contributed by atoms with Gasteiger partial charge in [-0.3, -0.25) is 4.79 Å². The summed E-state index contributed by atoms with van der Waals surface area (Å²) in [6, 6.07) is 7.69. The lowest BCUT2D eigenvalue weighted by molar-refractivity contribution is -0.147. The van der Waals surface area contributed by atoms with E-state index in [2.05, 4.69) is 33.8 Å². The van der Waals surface area contributed by atoms with E-state index in [-0.39, 0.29) is 29.8 Å². The molecule has 0 saturated heterocycles. The minimum atomic E-state index is -0.112. The van der Waals surface area contributed by atoms with E-state index in [0.717, 1.165) is 11.3 Å². The van der Waals surface area contributed by atoms with Gasteiger partial charge >= 0.3 is 5.97 Å². The Labute approximate surface area is 133 Å². The van der Waals surface area contributed by atoms with Gasteiger partial charge in [0.15, 0.2) is 0 Å². The smallest absolute Gasteiger partial charge is 0.310 e. The second-order valence-corrected chi connectivity index (χ2v) is 6.72. The van der Waals surface area contributed by atoms with Crippen molar-refractivity contribution in [2.45, 2.75) is 41.2 Å². The van der Waals surface area contributed by atoms with Crippen LogP contribution in [0.4, 0.5) is 0 Å². The van der Waals surface area contributed by atoms with Gasteiger partial charge in [-0.05, 0) is 38.2 Å². The Hall–Kier alpha value is -1.77. The molecule has 1 unspecified atom stereocenters. The zero-order valence-corrected chi connectivity index (χ0v) is 14.2.